The fourth-order valence-corrected chi connectivity index (χ4v) is 12.9. The molecule has 2 aromatic heterocycles. The third-order valence-corrected chi connectivity index (χ3v) is 15.6. The number of nitrogens with zero attached hydrogens (tertiary/aromatic N) is 2. The summed E-state index contributed by atoms with van der Waals surface area (Å²) in [5.74, 6) is 0. The van der Waals surface area contributed by atoms with Crippen molar-refractivity contribution in [1.29, 1.82) is 0 Å². The zero-order chi connectivity index (χ0) is 43.7. The summed E-state index contributed by atoms with van der Waals surface area (Å²) in [6, 6.07) is 65.6. The van der Waals surface area contributed by atoms with Gasteiger partial charge in [0.2, 0.25) is 0 Å². The largest absolute Gasteiger partial charge is 0.456 e. The van der Waals surface area contributed by atoms with Crippen LogP contribution in [0, 0.1) is 0 Å². The molecule has 4 nitrogen and oxygen atoms in total. The molecule has 4 aliphatic rings. The fraction of sp³-hybridized carbons (Fsp3) is 0.129. The number of anilines is 6. The number of furan rings is 2. The molecule has 15 rings (SSSR count). The van der Waals surface area contributed by atoms with Gasteiger partial charge in [-0.05, 0) is 150 Å². The first-order valence-electron chi connectivity index (χ1n) is 24.3. The van der Waals surface area contributed by atoms with Crippen molar-refractivity contribution >= 4 is 101 Å². The van der Waals surface area contributed by atoms with Gasteiger partial charge in [0.1, 0.15) is 22.3 Å². The Kier molecular flexibility index (Phi) is 8.04. The highest BCUT2D eigenvalue weighted by atomic mass is 16.3. The van der Waals surface area contributed by atoms with Crippen LogP contribution in [-0.2, 0) is 25.7 Å². The van der Waals surface area contributed by atoms with Crippen LogP contribution in [0.25, 0.3) is 66.1 Å². The van der Waals surface area contributed by atoms with E-state index >= 15 is 0 Å². The van der Waals surface area contributed by atoms with Gasteiger partial charge in [-0.2, -0.15) is 0 Å². The predicted molar refractivity (Wildman–Crippen MR) is 279 cm³/mol. The van der Waals surface area contributed by atoms with E-state index in [1.54, 1.807) is 0 Å². The van der Waals surface area contributed by atoms with Crippen molar-refractivity contribution in [1.82, 2.24) is 0 Å². The van der Waals surface area contributed by atoms with E-state index in [9.17, 15) is 0 Å². The van der Waals surface area contributed by atoms with Crippen LogP contribution in [0.15, 0.2) is 185 Å². The zero-order valence-electron chi connectivity index (χ0n) is 37.2. The van der Waals surface area contributed by atoms with Crippen LogP contribution in [0.5, 0.6) is 0 Å². The molecular formula is C62H45BN2O2. The van der Waals surface area contributed by atoms with Gasteiger partial charge in [-0.1, -0.05) is 127 Å². The third-order valence-electron chi connectivity index (χ3n) is 15.6. The van der Waals surface area contributed by atoms with Crippen LogP contribution in [-0.4, -0.2) is 6.71 Å². The van der Waals surface area contributed by atoms with Crippen LogP contribution < -0.4 is 26.2 Å². The van der Waals surface area contributed by atoms with E-state index in [0.29, 0.717) is 0 Å². The normalized spacial score (nSPS) is 14.9. The minimum absolute atomic E-state index is 0.0876. The Morgan fingerprint density at radius 1 is 0.358 bits per heavy atom. The maximum atomic E-state index is 6.80. The summed E-state index contributed by atoms with van der Waals surface area (Å²) in [5, 5.41) is 4.57. The topological polar surface area (TPSA) is 32.8 Å². The summed E-state index contributed by atoms with van der Waals surface area (Å²) in [7, 11) is 0. The van der Waals surface area contributed by atoms with Crippen LogP contribution in [0.4, 0.5) is 34.1 Å². The van der Waals surface area contributed by atoms with E-state index in [0.717, 1.165) is 69.6 Å². The van der Waals surface area contributed by atoms with Crippen LogP contribution in [0.2, 0.25) is 0 Å². The molecule has 9 aromatic carbocycles. The lowest BCUT2D eigenvalue weighted by Gasteiger charge is -2.45. The van der Waals surface area contributed by atoms with Crippen LogP contribution in [0.1, 0.15) is 47.9 Å². The van der Waals surface area contributed by atoms with Crippen molar-refractivity contribution in [2.75, 3.05) is 9.80 Å². The van der Waals surface area contributed by atoms with Gasteiger partial charge < -0.3 is 18.6 Å². The number of benzene rings is 9. The molecule has 0 atom stereocenters. The van der Waals surface area contributed by atoms with Crippen molar-refractivity contribution in [2.24, 2.45) is 0 Å². The summed E-state index contributed by atoms with van der Waals surface area (Å²) in [6.45, 7) is -0.0876. The highest BCUT2D eigenvalue weighted by molar-refractivity contribution is 7.01. The third kappa shape index (κ3) is 5.31. The van der Waals surface area contributed by atoms with Crippen molar-refractivity contribution in [3.05, 3.63) is 198 Å². The second-order valence-corrected chi connectivity index (χ2v) is 19.1. The average Bonchev–Trinajstić information content (AvgIpc) is 3.97. The lowest BCUT2D eigenvalue weighted by Crippen LogP contribution is -2.61. The van der Waals surface area contributed by atoms with Gasteiger partial charge in [-0.3, -0.25) is 0 Å². The Balaban J connectivity index is 1.11. The van der Waals surface area contributed by atoms with Gasteiger partial charge >= 0.3 is 0 Å². The van der Waals surface area contributed by atoms with Crippen molar-refractivity contribution in [3.8, 4) is 22.3 Å². The van der Waals surface area contributed by atoms with Crippen molar-refractivity contribution < 1.29 is 8.83 Å². The molecule has 0 unspecified atom stereocenters. The van der Waals surface area contributed by atoms with Crippen LogP contribution in [0.3, 0.4) is 0 Å². The molecule has 318 valence electrons. The Morgan fingerprint density at radius 2 is 0.806 bits per heavy atom. The first-order valence-corrected chi connectivity index (χ1v) is 24.3. The molecule has 2 aliphatic carbocycles. The molecule has 0 spiro atoms. The summed E-state index contributed by atoms with van der Waals surface area (Å²) in [5.41, 5.74) is 25.8. The van der Waals surface area contributed by atoms with E-state index < -0.39 is 0 Å². The average molecular weight is 861 g/mol. The lowest BCUT2D eigenvalue weighted by atomic mass is 9.33. The molecule has 67 heavy (non-hydrogen) atoms. The molecule has 0 radical (unpaired) electrons. The fourth-order valence-electron chi connectivity index (χ4n) is 12.9. The van der Waals surface area contributed by atoms with Crippen molar-refractivity contribution in [3.63, 3.8) is 0 Å². The highest BCUT2D eigenvalue weighted by Crippen LogP contribution is 2.54. The molecule has 0 fully saturated rings. The summed E-state index contributed by atoms with van der Waals surface area (Å²) in [6.07, 6.45) is 9.20. The molecule has 4 heterocycles. The van der Waals surface area contributed by atoms with E-state index in [1.165, 1.54) is 121 Å². The number of hydrogen-bond donors (Lipinski definition) is 0. The smallest absolute Gasteiger partial charge is 0.252 e. The zero-order valence-corrected chi connectivity index (χ0v) is 37.2. The quantitative estimate of drug-likeness (QED) is 0.165. The molecule has 5 heteroatoms. The Hall–Kier alpha value is -7.76. The van der Waals surface area contributed by atoms with Gasteiger partial charge in [-0.15, -0.1) is 0 Å². The molecule has 11 aromatic rings. The van der Waals surface area contributed by atoms with E-state index in [2.05, 4.69) is 186 Å². The molecule has 0 amide bonds. The summed E-state index contributed by atoms with van der Waals surface area (Å²) < 4.78 is 13.6. The summed E-state index contributed by atoms with van der Waals surface area (Å²) in [4.78, 5) is 5.29. The molecule has 0 N–H and O–H groups in total. The monoisotopic (exact) mass is 860 g/mol. The molecule has 0 saturated carbocycles. The second kappa shape index (κ2) is 14.4. The standard InChI is InChI=1S/C62H45BN2O2/c1-3-18-40(19-4-1)56-42-22-9-7-16-38(42)30-34-48(56)64-50-26-15-27-51-60(50)63(46-32-36-54-58(61(46)64)44-24-11-13-28-52(44)66-54)47-33-37-55-59(45-25-12-14-29-53(45)67-55)62(47)65(51)49-35-31-39-17-8-10-23-43(39)57(49)41-20-5-2-6-21-41/h1-6,11-15,18-21,24-37H,7-10,16-17,22-23H2. The molecular weight excluding hydrogens is 816 g/mol. The number of para-hydroxylation sites is 2. The lowest BCUT2D eigenvalue weighted by molar-refractivity contribution is 0.668. The maximum absolute atomic E-state index is 6.80. The number of hydrogen-bond acceptors (Lipinski definition) is 4. The minimum atomic E-state index is -0.0876. The number of rotatable bonds is 4. The highest BCUT2D eigenvalue weighted by Gasteiger charge is 2.46. The Morgan fingerprint density at radius 3 is 1.30 bits per heavy atom. The molecule has 2 aliphatic heterocycles. The van der Waals surface area contributed by atoms with E-state index in [1.807, 2.05) is 0 Å². The van der Waals surface area contributed by atoms with Gasteiger partial charge in [0, 0.05) is 33.3 Å². The summed E-state index contributed by atoms with van der Waals surface area (Å²) >= 11 is 0. The molecule has 0 bridgehead atoms. The number of aryl methyl sites for hydroxylation is 2. The van der Waals surface area contributed by atoms with Gasteiger partial charge in [0.15, 0.2) is 0 Å². The van der Waals surface area contributed by atoms with E-state index in [4.69, 9.17) is 8.83 Å². The Bertz CT molecular complexity index is 3600. The first kappa shape index (κ1) is 37.5. The first-order chi connectivity index (χ1) is 33.3. The van der Waals surface area contributed by atoms with Gasteiger partial charge in [-0.25, -0.2) is 0 Å². The second-order valence-electron chi connectivity index (χ2n) is 19.1. The Labute approximate surface area is 389 Å². The minimum Gasteiger partial charge on any atom is -0.456 e. The van der Waals surface area contributed by atoms with Gasteiger partial charge in [0.25, 0.3) is 6.71 Å². The van der Waals surface area contributed by atoms with Crippen molar-refractivity contribution in [2.45, 2.75) is 51.4 Å². The van der Waals surface area contributed by atoms with E-state index in [-0.39, 0.29) is 6.71 Å². The molecule has 0 saturated heterocycles. The van der Waals surface area contributed by atoms with Crippen LogP contribution >= 0.6 is 0 Å². The maximum Gasteiger partial charge on any atom is 0.252 e. The van der Waals surface area contributed by atoms with Gasteiger partial charge in [0.05, 0.1) is 33.5 Å². The predicted octanol–water partition coefficient (Wildman–Crippen LogP) is 14.7. The SMILES string of the molecule is c1ccc(-c2c(N3c4cccc5c4B(c4ccc6oc7ccccc7c6c43)c3ccc4oc6ccccc6c4c3N5c3ccc4c(c3-c3ccccc3)CCCC4)ccc3c2CCCC3)cc1. The number of fused-ring (bicyclic) bond motifs is 14.